The first-order valence-electron chi connectivity index (χ1n) is 6.42. The van der Waals surface area contributed by atoms with Crippen LogP contribution in [0.25, 0.3) is 0 Å². The van der Waals surface area contributed by atoms with Crippen LogP contribution < -0.4 is 4.72 Å². The monoisotopic (exact) mass is 332 g/mol. The number of nitrogens with zero attached hydrogens (tertiary/aromatic N) is 1. The Hall–Kier alpha value is -1.45. The average molecular weight is 332 g/mol. The van der Waals surface area contributed by atoms with Crippen molar-refractivity contribution in [2.75, 3.05) is 19.6 Å². The van der Waals surface area contributed by atoms with Crippen molar-refractivity contribution < 1.29 is 23.1 Å². The van der Waals surface area contributed by atoms with Gasteiger partial charge in [0.1, 0.15) is 4.88 Å². The number of carboxylic acid groups (broad SMARTS) is 1. The topological polar surface area (TPSA) is 104 Å². The minimum atomic E-state index is -3.88. The number of aryl methyl sites for hydroxylation is 1. The Kier molecular flexibility index (Phi) is 4.64. The van der Waals surface area contributed by atoms with E-state index in [1.165, 1.54) is 6.92 Å². The van der Waals surface area contributed by atoms with Crippen LogP contribution in [0.5, 0.6) is 0 Å². The second-order valence-electron chi connectivity index (χ2n) is 4.75. The Labute approximate surface area is 126 Å². The lowest BCUT2D eigenvalue weighted by atomic mass is 10.4. The average Bonchev–Trinajstić information content (AvgIpc) is 3.05. The van der Waals surface area contributed by atoms with Crippen molar-refractivity contribution >= 4 is 33.2 Å². The summed E-state index contributed by atoms with van der Waals surface area (Å²) in [7, 11) is -3.88. The summed E-state index contributed by atoms with van der Waals surface area (Å²) in [5, 5.41) is 8.88. The molecule has 7 nitrogen and oxygen atoms in total. The zero-order chi connectivity index (χ0) is 15.6. The van der Waals surface area contributed by atoms with Crippen molar-refractivity contribution in [2.45, 2.75) is 24.7 Å². The molecule has 0 aromatic carbocycles. The van der Waals surface area contributed by atoms with Crippen molar-refractivity contribution in [3.05, 3.63) is 15.8 Å². The van der Waals surface area contributed by atoms with Crippen molar-refractivity contribution in [1.29, 1.82) is 0 Å². The number of carbonyl (C=O) groups is 2. The van der Waals surface area contributed by atoms with Crippen molar-refractivity contribution in [3.63, 3.8) is 0 Å². The Morgan fingerprint density at radius 1 is 1.38 bits per heavy atom. The van der Waals surface area contributed by atoms with E-state index in [-0.39, 0.29) is 22.2 Å². The van der Waals surface area contributed by atoms with Gasteiger partial charge in [-0.3, -0.25) is 4.79 Å². The maximum atomic E-state index is 12.1. The molecule has 1 aliphatic heterocycles. The van der Waals surface area contributed by atoms with Gasteiger partial charge in [-0.25, -0.2) is 17.9 Å². The summed E-state index contributed by atoms with van der Waals surface area (Å²) in [6, 6.07) is 1.12. The second-order valence-corrected chi connectivity index (χ2v) is 7.74. The van der Waals surface area contributed by atoms with E-state index in [2.05, 4.69) is 4.72 Å². The normalized spacial score (nSPS) is 15.4. The lowest BCUT2D eigenvalue weighted by Gasteiger charge is -2.15. The number of amides is 1. The van der Waals surface area contributed by atoms with Crippen molar-refractivity contribution in [1.82, 2.24) is 9.62 Å². The number of rotatable bonds is 5. The molecule has 1 aliphatic rings. The van der Waals surface area contributed by atoms with E-state index in [9.17, 15) is 18.0 Å². The van der Waals surface area contributed by atoms with E-state index in [1.807, 2.05) is 0 Å². The largest absolute Gasteiger partial charge is 0.477 e. The number of carboxylic acids is 1. The first kappa shape index (κ1) is 15.9. The van der Waals surface area contributed by atoms with E-state index in [0.717, 1.165) is 30.2 Å². The SMILES string of the molecule is Cc1sc(C(=O)O)cc1S(=O)(=O)NCC(=O)N1CCCC1. The Balaban J connectivity index is 2.07. The third-order valence-corrected chi connectivity index (χ3v) is 5.94. The Morgan fingerprint density at radius 2 is 2.00 bits per heavy atom. The van der Waals surface area contributed by atoms with Crippen LogP contribution in [0.1, 0.15) is 27.4 Å². The van der Waals surface area contributed by atoms with Crippen LogP contribution in [0.15, 0.2) is 11.0 Å². The van der Waals surface area contributed by atoms with Crippen molar-refractivity contribution in [2.24, 2.45) is 0 Å². The highest BCUT2D eigenvalue weighted by atomic mass is 32.2. The number of nitrogens with one attached hydrogen (secondary N) is 1. The van der Waals surface area contributed by atoms with Gasteiger partial charge in [0.25, 0.3) is 0 Å². The third kappa shape index (κ3) is 3.60. The number of hydrogen-bond acceptors (Lipinski definition) is 5. The fraction of sp³-hybridized carbons (Fsp3) is 0.500. The maximum Gasteiger partial charge on any atom is 0.345 e. The number of thiophene rings is 1. The van der Waals surface area contributed by atoms with E-state index >= 15 is 0 Å². The predicted molar refractivity (Wildman–Crippen MR) is 77.0 cm³/mol. The predicted octanol–water partition coefficient (Wildman–Crippen LogP) is 0.655. The summed E-state index contributed by atoms with van der Waals surface area (Å²) in [6.07, 6.45) is 1.87. The van der Waals surface area contributed by atoms with E-state index in [0.29, 0.717) is 18.0 Å². The molecule has 1 amide bonds. The molecule has 2 heterocycles. The van der Waals surface area contributed by atoms with Gasteiger partial charge in [0.2, 0.25) is 15.9 Å². The molecular weight excluding hydrogens is 316 g/mol. The molecule has 2 N–H and O–H groups in total. The molecule has 1 saturated heterocycles. The summed E-state index contributed by atoms with van der Waals surface area (Å²) in [4.78, 5) is 24.6. The number of hydrogen-bond donors (Lipinski definition) is 2. The zero-order valence-electron chi connectivity index (χ0n) is 11.5. The fourth-order valence-electron chi connectivity index (χ4n) is 2.15. The lowest BCUT2D eigenvalue weighted by molar-refractivity contribution is -0.128. The van der Waals surface area contributed by atoms with Gasteiger partial charge in [-0.05, 0) is 25.8 Å². The van der Waals surface area contributed by atoms with Crippen LogP contribution in [0, 0.1) is 6.92 Å². The van der Waals surface area contributed by atoms with Crippen LogP contribution in [-0.2, 0) is 14.8 Å². The quantitative estimate of drug-likeness (QED) is 0.824. The van der Waals surface area contributed by atoms with Gasteiger partial charge in [0, 0.05) is 18.0 Å². The van der Waals surface area contributed by atoms with Gasteiger partial charge in [-0.1, -0.05) is 0 Å². The van der Waals surface area contributed by atoms with Crippen LogP contribution in [0.2, 0.25) is 0 Å². The molecule has 9 heteroatoms. The fourth-order valence-corrected chi connectivity index (χ4v) is 4.55. The summed E-state index contributed by atoms with van der Waals surface area (Å²) >= 11 is 0.895. The van der Waals surface area contributed by atoms with E-state index in [4.69, 9.17) is 5.11 Å². The minimum absolute atomic E-state index is 0.0428. The summed E-state index contributed by atoms with van der Waals surface area (Å²) in [6.45, 7) is 2.54. The van der Waals surface area contributed by atoms with Gasteiger partial charge in [0.05, 0.1) is 11.4 Å². The molecule has 21 heavy (non-hydrogen) atoms. The number of sulfonamides is 1. The van der Waals surface area contributed by atoms with Crippen molar-refractivity contribution in [3.8, 4) is 0 Å². The lowest BCUT2D eigenvalue weighted by Crippen LogP contribution is -2.38. The van der Waals surface area contributed by atoms with Crippen LogP contribution in [0.4, 0.5) is 0 Å². The molecule has 0 saturated carbocycles. The van der Waals surface area contributed by atoms with Gasteiger partial charge in [-0.2, -0.15) is 0 Å². The van der Waals surface area contributed by atoms with Gasteiger partial charge < -0.3 is 10.0 Å². The number of aromatic carboxylic acids is 1. The molecule has 116 valence electrons. The molecule has 0 bridgehead atoms. The first-order valence-corrected chi connectivity index (χ1v) is 8.72. The highest BCUT2D eigenvalue weighted by Crippen LogP contribution is 2.25. The molecule has 0 radical (unpaired) electrons. The molecule has 0 aliphatic carbocycles. The molecule has 0 spiro atoms. The van der Waals surface area contributed by atoms with Gasteiger partial charge >= 0.3 is 5.97 Å². The first-order chi connectivity index (χ1) is 9.81. The smallest absolute Gasteiger partial charge is 0.345 e. The van der Waals surface area contributed by atoms with E-state index in [1.54, 1.807) is 4.90 Å². The Morgan fingerprint density at radius 3 is 2.52 bits per heavy atom. The molecule has 1 aromatic rings. The molecule has 0 unspecified atom stereocenters. The second kappa shape index (κ2) is 6.12. The van der Waals surface area contributed by atoms with Crippen LogP contribution >= 0.6 is 11.3 Å². The summed E-state index contributed by atoms with van der Waals surface area (Å²) in [5.74, 6) is -1.43. The van der Waals surface area contributed by atoms with Crippen LogP contribution in [-0.4, -0.2) is 49.9 Å². The van der Waals surface area contributed by atoms with Crippen LogP contribution in [0.3, 0.4) is 0 Å². The Bertz CT molecular complexity index is 659. The highest BCUT2D eigenvalue weighted by Gasteiger charge is 2.24. The minimum Gasteiger partial charge on any atom is -0.477 e. The molecule has 2 rings (SSSR count). The van der Waals surface area contributed by atoms with E-state index < -0.39 is 16.0 Å². The molecule has 1 aromatic heterocycles. The summed E-state index contributed by atoms with van der Waals surface area (Å²) in [5.41, 5.74) is 0. The number of likely N-dealkylation sites (tertiary alicyclic amines) is 1. The molecular formula is C12H16N2O5S2. The molecule has 1 fully saturated rings. The van der Waals surface area contributed by atoms with Gasteiger partial charge in [0.15, 0.2) is 0 Å². The zero-order valence-corrected chi connectivity index (χ0v) is 13.1. The molecule has 0 atom stereocenters. The third-order valence-electron chi connectivity index (χ3n) is 3.24. The number of carbonyl (C=O) groups excluding carboxylic acids is 1. The van der Waals surface area contributed by atoms with Gasteiger partial charge in [-0.15, -0.1) is 11.3 Å². The highest BCUT2D eigenvalue weighted by molar-refractivity contribution is 7.89. The maximum absolute atomic E-state index is 12.1. The summed E-state index contributed by atoms with van der Waals surface area (Å²) < 4.78 is 26.5. The standard InChI is InChI=1S/C12H16N2O5S2/c1-8-10(6-9(20-8)12(16)17)21(18,19)13-7-11(15)14-4-2-3-5-14/h6,13H,2-5,7H2,1H3,(H,16,17).